The number of aryl methyl sites for hydroxylation is 1. The summed E-state index contributed by atoms with van der Waals surface area (Å²) < 4.78 is 50.9. The van der Waals surface area contributed by atoms with E-state index in [0.29, 0.717) is 5.56 Å². The summed E-state index contributed by atoms with van der Waals surface area (Å²) in [6.07, 6.45) is 0. The summed E-state index contributed by atoms with van der Waals surface area (Å²) in [7, 11) is -1.68. The van der Waals surface area contributed by atoms with Crippen LogP contribution in [0.25, 0.3) is 0 Å². The Bertz CT molecular complexity index is 864. The van der Waals surface area contributed by atoms with Gasteiger partial charge in [-0.25, -0.2) is 0 Å². The number of hydrogen-bond donors (Lipinski definition) is 0. The number of ether oxygens (including phenoxy) is 2. The smallest absolute Gasteiger partial charge is 0.387 e. The monoisotopic (exact) mass is 407 g/mol. The molecule has 26 heavy (non-hydrogen) atoms. The molecule has 140 valence electrons. The molecule has 2 aromatic carbocycles. The zero-order valence-corrected chi connectivity index (χ0v) is 15.3. The Balaban J connectivity index is 2.40. The molecule has 0 aromatic heterocycles. The molecule has 0 aliphatic carbocycles. The van der Waals surface area contributed by atoms with E-state index in [1.807, 2.05) is 0 Å². The van der Waals surface area contributed by atoms with Crippen LogP contribution in [0.3, 0.4) is 0 Å². The Labute approximate surface area is 152 Å². The molecular weight excluding hydrogens is 395 g/mol. The first kappa shape index (κ1) is 20.1. The van der Waals surface area contributed by atoms with Crippen LogP contribution in [0.15, 0.2) is 30.3 Å². The first-order chi connectivity index (χ1) is 12.2. The third kappa shape index (κ3) is 4.69. The molecule has 0 aliphatic heterocycles. The number of halogens is 3. The van der Waals surface area contributed by atoms with Crippen molar-refractivity contribution in [2.75, 3.05) is 7.11 Å². The highest BCUT2D eigenvalue weighted by atomic mass is 35.5. The molecule has 2 aromatic rings. The van der Waals surface area contributed by atoms with E-state index in [2.05, 4.69) is 4.74 Å². The van der Waals surface area contributed by atoms with Crippen LogP contribution in [0.4, 0.5) is 14.5 Å². The summed E-state index contributed by atoms with van der Waals surface area (Å²) in [5.41, 5.74) is 0.0303. The molecule has 1 atom stereocenters. The molecule has 0 amide bonds. The molecule has 7 nitrogen and oxygen atoms in total. The second-order valence-electron chi connectivity index (χ2n) is 4.96. The van der Waals surface area contributed by atoms with Crippen LogP contribution in [0.5, 0.6) is 17.2 Å². The van der Waals surface area contributed by atoms with Gasteiger partial charge < -0.3 is 14.0 Å². The van der Waals surface area contributed by atoms with E-state index in [0.717, 1.165) is 6.07 Å². The molecule has 1 unspecified atom stereocenters. The van der Waals surface area contributed by atoms with E-state index in [1.54, 1.807) is 6.92 Å². The lowest BCUT2D eigenvalue weighted by Crippen LogP contribution is -2.08. The van der Waals surface area contributed by atoms with Gasteiger partial charge in [0, 0.05) is 25.3 Å². The SMILES string of the molecule is CO[PH](=O)c1cc(Oc2ccc(OC(F)F)cc2Cl)c(C)cc1[N+](=O)[O-]. The lowest BCUT2D eigenvalue weighted by atomic mass is 10.2. The summed E-state index contributed by atoms with van der Waals surface area (Å²) in [5, 5.41) is 11.0. The topological polar surface area (TPSA) is 87.9 Å². The van der Waals surface area contributed by atoms with E-state index in [4.69, 9.17) is 20.9 Å². The molecule has 0 saturated carbocycles. The van der Waals surface area contributed by atoms with Crippen molar-refractivity contribution in [1.29, 1.82) is 0 Å². The summed E-state index contributed by atoms with van der Waals surface area (Å²) in [6.45, 7) is -1.44. The summed E-state index contributed by atoms with van der Waals surface area (Å²) in [5.74, 6) is 0.113. The van der Waals surface area contributed by atoms with E-state index in [1.165, 1.54) is 31.4 Å². The van der Waals surface area contributed by atoms with Crippen LogP contribution < -0.4 is 14.8 Å². The standard InChI is InChI=1S/C15H13ClF2NO6P/c1-8-5-11(19(20)21)14(26(22)23-2)7-13(8)25-12-4-3-9(6-10(12)16)24-15(17)18/h3-7,15,26H,1-2H3. The summed E-state index contributed by atoms with van der Waals surface area (Å²) in [6, 6.07) is 6.11. The third-order valence-corrected chi connectivity index (χ3v) is 4.75. The van der Waals surface area contributed by atoms with Gasteiger partial charge in [0.25, 0.3) is 5.69 Å². The lowest BCUT2D eigenvalue weighted by Gasteiger charge is -2.13. The molecule has 2 rings (SSSR count). The highest BCUT2D eigenvalue weighted by Crippen LogP contribution is 2.37. The molecule has 0 bridgehead atoms. The minimum atomic E-state index is -3.00. The van der Waals surface area contributed by atoms with Gasteiger partial charge in [0.1, 0.15) is 22.6 Å². The fourth-order valence-electron chi connectivity index (χ4n) is 2.07. The Kier molecular flexibility index (Phi) is 6.52. The first-order valence-electron chi connectivity index (χ1n) is 7.02. The van der Waals surface area contributed by atoms with E-state index in [-0.39, 0.29) is 33.3 Å². The Hall–Kier alpha value is -2.22. The molecule has 0 heterocycles. The summed E-state index contributed by atoms with van der Waals surface area (Å²) in [4.78, 5) is 10.5. The van der Waals surface area contributed by atoms with Gasteiger partial charge in [-0.2, -0.15) is 8.78 Å². The quantitative estimate of drug-likeness (QED) is 0.375. The van der Waals surface area contributed by atoms with Crippen LogP contribution in [0, 0.1) is 17.0 Å². The van der Waals surface area contributed by atoms with Crippen molar-refractivity contribution in [3.8, 4) is 17.2 Å². The Morgan fingerprint density at radius 2 is 1.92 bits per heavy atom. The molecule has 0 aliphatic rings. The van der Waals surface area contributed by atoms with Crippen molar-refractivity contribution in [2.45, 2.75) is 13.5 Å². The fraction of sp³-hybridized carbons (Fsp3) is 0.200. The van der Waals surface area contributed by atoms with E-state index >= 15 is 0 Å². The number of nitro groups is 1. The zero-order valence-electron chi connectivity index (χ0n) is 13.5. The minimum Gasteiger partial charge on any atom is -0.455 e. The maximum atomic E-state index is 12.2. The van der Waals surface area contributed by atoms with Crippen LogP contribution in [-0.2, 0) is 9.09 Å². The predicted molar refractivity (Wildman–Crippen MR) is 91.6 cm³/mol. The molecular formula is C15H13ClF2NO6P. The summed E-state index contributed by atoms with van der Waals surface area (Å²) >= 11 is 5.99. The van der Waals surface area contributed by atoms with Crippen molar-refractivity contribution in [2.24, 2.45) is 0 Å². The number of hydrogen-bond acceptors (Lipinski definition) is 6. The van der Waals surface area contributed by atoms with Gasteiger partial charge in [0.15, 0.2) is 0 Å². The largest absolute Gasteiger partial charge is 0.455 e. The van der Waals surface area contributed by atoms with Crippen molar-refractivity contribution >= 4 is 30.6 Å². The van der Waals surface area contributed by atoms with Crippen molar-refractivity contribution in [3.63, 3.8) is 0 Å². The van der Waals surface area contributed by atoms with E-state index in [9.17, 15) is 23.5 Å². The fourth-order valence-corrected chi connectivity index (χ4v) is 3.12. The van der Waals surface area contributed by atoms with Gasteiger partial charge in [-0.1, -0.05) is 11.6 Å². The van der Waals surface area contributed by atoms with Crippen molar-refractivity contribution in [1.82, 2.24) is 0 Å². The number of nitro benzene ring substituents is 1. The van der Waals surface area contributed by atoms with Gasteiger partial charge in [-0.05, 0) is 24.6 Å². The average molecular weight is 408 g/mol. The number of benzene rings is 2. The second-order valence-corrected chi connectivity index (χ2v) is 6.89. The van der Waals surface area contributed by atoms with Crippen molar-refractivity contribution in [3.05, 3.63) is 51.0 Å². The molecule has 0 spiro atoms. The average Bonchev–Trinajstić information content (AvgIpc) is 2.57. The number of nitrogens with zero attached hydrogens (tertiary/aromatic N) is 1. The number of rotatable bonds is 7. The van der Waals surface area contributed by atoms with E-state index < -0.39 is 19.6 Å². The molecule has 0 radical (unpaired) electrons. The number of alkyl halides is 2. The zero-order chi connectivity index (χ0) is 19.4. The Morgan fingerprint density at radius 3 is 2.46 bits per heavy atom. The predicted octanol–water partition coefficient (Wildman–Crippen LogP) is 4.70. The highest BCUT2D eigenvalue weighted by Gasteiger charge is 2.22. The van der Waals surface area contributed by atoms with Gasteiger partial charge in [0.2, 0.25) is 8.03 Å². The van der Waals surface area contributed by atoms with Gasteiger partial charge in [0.05, 0.1) is 9.95 Å². The maximum Gasteiger partial charge on any atom is 0.387 e. The Morgan fingerprint density at radius 1 is 1.23 bits per heavy atom. The van der Waals surface area contributed by atoms with Crippen LogP contribution in [-0.4, -0.2) is 18.6 Å². The molecule has 11 heteroatoms. The highest BCUT2D eigenvalue weighted by molar-refractivity contribution is 7.48. The molecule has 0 N–H and O–H groups in total. The third-order valence-electron chi connectivity index (χ3n) is 3.24. The normalized spacial score (nSPS) is 12.1. The minimum absolute atomic E-state index is 0.0122. The molecule has 0 saturated heterocycles. The van der Waals surface area contributed by atoms with Crippen LogP contribution >= 0.6 is 19.6 Å². The van der Waals surface area contributed by atoms with Crippen LogP contribution in [0.1, 0.15) is 5.56 Å². The van der Waals surface area contributed by atoms with Gasteiger partial charge >= 0.3 is 6.61 Å². The molecule has 0 fully saturated rings. The maximum absolute atomic E-state index is 12.2. The van der Waals surface area contributed by atoms with Gasteiger partial charge in [-0.15, -0.1) is 0 Å². The van der Waals surface area contributed by atoms with Gasteiger partial charge in [-0.3, -0.25) is 14.7 Å². The lowest BCUT2D eigenvalue weighted by molar-refractivity contribution is -0.383. The van der Waals surface area contributed by atoms with Crippen molar-refractivity contribution < 1.29 is 32.3 Å². The second kappa shape index (κ2) is 8.44. The first-order valence-corrected chi connectivity index (χ1v) is 8.72. The van der Waals surface area contributed by atoms with Crippen LogP contribution in [0.2, 0.25) is 5.02 Å².